The molecular formula is C11H11F3N2OS. The van der Waals surface area contributed by atoms with Gasteiger partial charge in [-0.3, -0.25) is 0 Å². The van der Waals surface area contributed by atoms with Crippen molar-refractivity contribution in [2.24, 2.45) is 0 Å². The highest BCUT2D eigenvalue weighted by atomic mass is 32.1. The molecule has 1 N–H and O–H groups in total. The Morgan fingerprint density at radius 3 is 2.94 bits per heavy atom. The minimum atomic E-state index is -4.27. The highest BCUT2D eigenvalue weighted by Gasteiger charge is 2.27. The van der Waals surface area contributed by atoms with Crippen molar-refractivity contribution in [1.82, 2.24) is 4.98 Å². The van der Waals surface area contributed by atoms with Crippen LogP contribution in [-0.2, 0) is 4.74 Å². The van der Waals surface area contributed by atoms with E-state index in [0.717, 1.165) is 10.1 Å². The number of hydrogen-bond donors (Lipinski definition) is 1. The third-order valence-electron chi connectivity index (χ3n) is 2.18. The van der Waals surface area contributed by atoms with Crippen LogP contribution in [0, 0.1) is 0 Å². The summed E-state index contributed by atoms with van der Waals surface area (Å²) in [6.45, 7) is -0.940. The van der Waals surface area contributed by atoms with Crippen molar-refractivity contribution in [2.45, 2.75) is 6.18 Å². The summed E-state index contributed by atoms with van der Waals surface area (Å²) in [5, 5.41) is 5.88. The fraction of sp³-hybridized carbons (Fsp3) is 0.364. The lowest BCUT2D eigenvalue weighted by Gasteiger charge is -2.09. The Hall–Kier alpha value is -1.34. The van der Waals surface area contributed by atoms with Crippen LogP contribution in [0.2, 0.25) is 0 Å². The van der Waals surface area contributed by atoms with Crippen molar-refractivity contribution in [2.75, 3.05) is 25.1 Å². The van der Waals surface area contributed by atoms with E-state index in [1.807, 2.05) is 17.5 Å². The highest BCUT2D eigenvalue weighted by Crippen LogP contribution is 2.25. The van der Waals surface area contributed by atoms with Crippen molar-refractivity contribution < 1.29 is 17.9 Å². The standard InChI is InChI=1S/C11H11F3N2OS/c12-11(13,14)7-17-5-4-16-10-8-2-6-18-9(8)1-3-15-10/h1-3,6H,4-5,7H2,(H,15,16). The van der Waals surface area contributed by atoms with Crippen LogP contribution in [0.5, 0.6) is 0 Å². The number of anilines is 1. The first-order valence-corrected chi connectivity index (χ1v) is 6.15. The molecule has 0 radical (unpaired) electrons. The second-order valence-corrected chi connectivity index (χ2v) is 4.53. The van der Waals surface area contributed by atoms with E-state index in [4.69, 9.17) is 0 Å². The maximum absolute atomic E-state index is 11.8. The quantitative estimate of drug-likeness (QED) is 0.851. The monoisotopic (exact) mass is 276 g/mol. The second kappa shape index (κ2) is 5.53. The topological polar surface area (TPSA) is 34.1 Å². The van der Waals surface area contributed by atoms with E-state index in [0.29, 0.717) is 5.82 Å². The molecule has 0 bridgehead atoms. The highest BCUT2D eigenvalue weighted by molar-refractivity contribution is 7.17. The minimum Gasteiger partial charge on any atom is -0.370 e. The number of hydrogen-bond acceptors (Lipinski definition) is 4. The molecule has 2 rings (SSSR count). The number of thiophene rings is 1. The van der Waals surface area contributed by atoms with Gasteiger partial charge in [0.2, 0.25) is 0 Å². The Balaban J connectivity index is 1.82. The van der Waals surface area contributed by atoms with Crippen molar-refractivity contribution in [3.8, 4) is 0 Å². The van der Waals surface area contributed by atoms with Gasteiger partial charge in [0.1, 0.15) is 12.4 Å². The summed E-state index contributed by atoms with van der Waals surface area (Å²) >= 11 is 1.59. The molecule has 0 saturated carbocycles. The number of fused-ring (bicyclic) bond motifs is 1. The summed E-state index contributed by atoms with van der Waals surface area (Å²) in [5.41, 5.74) is 0. The van der Waals surface area contributed by atoms with E-state index < -0.39 is 12.8 Å². The fourth-order valence-corrected chi connectivity index (χ4v) is 2.25. The average molecular weight is 276 g/mol. The van der Waals surface area contributed by atoms with Crippen molar-refractivity contribution in [1.29, 1.82) is 0 Å². The van der Waals surface area contributed by atoms with Crippen LogP contribution >= 0.6 is 11.3 Å². The van der Waals surface area contributed by atoms with Gasteiger partial charge < -0.3 is 10.1 Å². The minimum absolute atomic E-state index is 0.0122. The fourth-order valence-electron chi connectivity index (χ4n) is 1.47. The smallest absolute Gasteiger partial charge is 0.370 e. The molecule has 0 spiro atoms. The van der Waals surface area contributed by atoms with Crippen molar-refractivity contribution in [3.05, 3.63) is 23.7 Å². The van der Waals surface area contributed by atoms with Gasteiger partial charge in [-0.2, -0.15) is 13.2 Å². The van der Waals surface area contributed by atoms with Crippen molar-refractivity contribution >= 4 is 27.2 Å². The summed E-state index contributed by atoms with van der Waals surface area (Å²) in [7, 11) is 0. The number of pyridine rings is 1. The third-order valence-corrected chi connectivity index (χ3v) is 3.07. The van der Waals surface area contributed by atoms with E-state index >= 15 is 0 Å². The third kappa shape index (κ3) is 3.58. The molecule has 0 atom stereocenters. The molecule has 0 aliphatic heterocycles. The first-order valence-electron chi connectivity index (χ1n) is 5.27. The predicted molar refractivity (Wildman–Crippen MR) is 65.0 cm³/mol. The first-order chi connectivity index (χ1) is 8.56. The van der Waals surface area contributed by atoms with E-state index in [1.54, 1.807) is 17.5 Å². The number of halogens is 3. The zero-order chi connectivity index (χ0) is 13.0. The number of rotatable bonds is 5. The van der Waals surface area contributed by atoms with Gasteiger partial charge in [-0.1, -0.05) is 0 Å². The molecule has 98 valence electrons. The van der Waals surface area contributed by atoms with Gasteiger partial charge in [0.05, 0.1) is 6.61 Å². The Bertz CT molecular complexity index is 512. The number of nitrogens with zero attached hydrogens (tertiary/aromatic N) is 1. The number of alkyl halides is 3. The summed E-state index contributed by atoms with van der Waals surface area (Å²) in [6.07, 6.45) is -2.61. The number of nitrogens with one attached hydrogen (secondary N) is 1. The van der Waals surface area contributed by atoms with Gasteiger partial charge >= 0.3 is 6.18 Å². The lowest BCUT2D eigenvalue weighted by molar-refractivity contribution is -0.172. The van der Waals surface area contributed by atoms with Gasteiger partial charge in [0.25, 0.3) is 0 Å². The van der Waals surface area contributed by atoms with Crippen LogP contribution < -0.4 is 5.32 Å². The van der Waals surface area contributed by atoms with Crippen LogP contribution in [0.3, 0.4) is 0 Å². The predicted octanol–water partition coefficient (Wildman–Crippen LogP) is 3.29. The Kier molecular flexibility index (Phi) is 4.03. The van der Waals surface area contributed by atoms with E-state index in [-0.39, 0.29) is 13.2 Å². The maximum Gasteiger partial charge on any atom is 0.411 e. The number of ether oxygens (including phenoxy) is 1. The average Bonchev–Trinajstić information content (AvgIpc) is 2.75. The normalized spacial score (nSPS) is 11.9. The van der Waals surface area contributed by atoms with Gasteiger partial charge in [0.15, 0.2) is 0 Å². The molecule has 7 heteroatoms. The molecule has 2 heterocycles. The zero-order valence-electron chi connectivity index (χ0n) is 9.33. The molecule has 2 aromatic heterocycles. The largest absolute Gasteiger partial charge is 0.411 e. The van der Waals surface area contributed by atoms with Crippen molar-refractivity contribution in [3.63, 3.8) is 0 Å². The summed E-state index contributed by atoms with van der Waals surface area (Å²) in [6, 6.07) is 3.82. The molecule has 0 aliphatic carbocycles. The SMILES string of the molecule is FC(F)(F)COCCNc1nccc2sccc12. The molecule has 0 unspecified atom stereocenters. The first kappa shape index (κ1) is 13.1. The number of aromatic nitrogens is 1. The molecule has 2 aromatic rings. The van der Waals surface area contributed by atoms with Crippen LogP contribution in [0.25, 0.3) is 10.1 Å². The summed E-state index contributed by atoms with van der Waals surface area (Å²) in [4.78, 5) is 4.14. The van der Waals surface area contributed by atoms with E-state index in [9.17, 15) is 13.2 Å². The summed E-state index contributed by atoms with van der Waals surface area (Å²) in [5.74, 6) is 0.671. The van der Waals surface area contributed by atoms with Gasteiger partial charge in [-0.15, -0.1) is 11.3 Å². The van der Waals surface area contributed by atoms with E-state index in [1.165, 1.54) is 0 Å². The Morgan fingerprint density at radius 2 is 2.17 bits per heavy atom. The van der Waals surface area contributed by atoms with Crippen LogP contribution in [-0.4, -0.2) is 30.9 Å². The lowest BCUT2D eigenvalue weighted by Crippen LogP contribution is -2.20. The molecule has 3 nitrogen and oxygen atoms in total. The zero-order valence-corrected chi connectivity index (χ0v) is 10.1. The van der Waals surface area contributed by atoms with Gasteiger partial charge in [-0.05, 0) is 17.5 Å². The van der Waals surface area contributed by atoms with Gasteiger partial charge in [-0.25, -0.2) is 4.98 Å². The molecular weight excluding hydrogens is 265 g/mol. The molecule has 0 amide bonds. The van der Waals surface area contributed by atoms with Crippen LogP contribution in [0.4, 0.5) is 19.0 Å². The molecule has 0 fully saturated rings. The van der Waals surface area contributed by atoms with Crippen LogP contribution in [0.1, 0.15) is 0 Å². The second-order valence-electron chi connectivity index (χ2n) is 3.59. The molecule has 0 saturated heterocycles. The van der Waals surface area contributed by atoms with E-state index in [2.05, 4.69) is 15.0 Å². The van der Waals surface area contributed by atoms with Gasteiger partial charge in [0, 0.05) is 22.8 Å². The molecule has 0 aliphatic rings. The Labute approximate surface area is 106 Å². The molecule has 0 aromatic carbocycles. The maximum atomic E-state index is 11.8. The lowest BCUT2D eigenvalue weighted by atomic mass is 10.3. The molecule has 18 heavy (non-hydrogen) atoms. The Morgan fingerprint density at radius 1 is 1.33 bits per heavy atom. The summed E-state index contributed by atoms with van der Waals surface area (Å²) < 4.78 is 41.0. The van der Waals surface area contributed by atoms with Crippen LogP contribution in [0.15, 0.2) is 23.7 Å².